The fraction of sp³-hybridized carbons (Fsp3) is 0.308. The maximum atomic E-state index is 15.4. The van der Waals surface area contributed by atoms with Gasteiger partial charge in [0.1, 0.15) is 17.6 Å². The molecule has 13 heteroatoms. The minimum Gasteiger partial charge on any atom is -0.483 e. The van der Waals surface area contributed by atoms with Gasteiger partial charge in [0.15, 0.2) is 6.61 Å². The van der Waals surface area contributed by atoms with E-state index >= 15 is 8.78 Å². The third-order valence-electron chi connectivity index (χ3n) is 6.24. The number of aryl methyl sites for hydroxylation is 1. The fourth-order valence-electron chi connectivity index (χ4n) is 4.20. The molecule has 0 saturated carbocycles. The molecule has 2 aromatic carbocycles. The molecule has 4 amide bonds. The molecule has 3 aromatic rings. The van der Waals surface area contributed by atoms with Crippen LogP contribution in [-0.4, -0.2) is 58.8 Å². The molecule has 0 radical (unpaired) electrons. The van der Waals surface area contributed by atoms with Crippen LogP contribution in [0.3, 0.4) is 0 Å². The van der Waals surface area contributed by atoms with Crippen molar-refractivity contribution in [1.82, 2.24) is 19.8 Å². The lowest BCUT2D eigenvalue weighted by Crippen LogP contribution is -2.45. The lowest BCUT2D eigenvalue weighted by molar-refractivity contribution is -0.141. The molecular weight excluding hydrogens is 516 g/mol. The second kappa shape index (κ2) is 10.6. The lowest BCUT2D eigenvalue weighted by Gasteiger charge is -2.25. The third-order valence-corrected chi connectivity index (χ3v) is 6.24. The van der Waals surface area contributed by atoms with Crippen LogP contribution in [0.25, 0.3) is 10.9 Å². The number of nitrogens with zero attached hydrogens (tertiary/aromatic N) is 3. The number of imide groups is 1. The molecule has 1 aromatic heterocycles. The number of halogens is 2. The normalized spacial score (nSPS) is 15.6. The summed E-state index contributed by atoms with van der Waals surface area (Å²) < 4.78 is 37.2. The minimum atomic E-state index is -4.12. The summed E-state index contributed by atoms with van der Waals surface area (Å²) in [5.74, 6) is -7.68. The van der Waals surface area contributed by atoms with E-state index < -0.39 is 53.3 Å². The van der Waals surface area contributed by atoms with Gasteiger partial charge in [-0.05, 0) is 37.6 Å². The van der Waals surface area contributed by atoms with Gasteiger partial charge < -0.3 is 15.0 Å². The Bertz CT molecular complexity index is 1550. The van der Waals surface area contributed by atoms with Crippen molar-refractivity contribution in [2.24, 2.45) is 0 Å². The third kappa shape index (κ3) is 5.33. The van der Waals surface area contributed by atoms with Gasteiger partial charge in [0.25, 0.3) is 17.4 Å². The van der Waals surface area contributed by atoms with E-state index in [9.17, 15) is 24.0 Å². The molecule has 1 atom stereocenters. The summed E-state index contributed by atoms with van der Waals surface area (Å²) in [6, 6.07) is 8.05. The highest BCUT2D eigenvalue weighted by atomic mass is 19.3. The van der Waals surface area contributed by atoms with E-state index in [1.165, 1.54) is 62.3 Å². The predicted octanol–water partition coefficient (Wildman–Crippen LogP) is 1.88. The quantitative estimate of drug-likeness (QED) is 0.436. The van der Waals surface area contributed by atoms with Crippen LogP contribution in [0, 0.1) is 6.92 Å². The summed E-state index contributed by atoms with van der Waals surface area (Å²) in [5, 5.41) is 4.11. The standard InChI is InChI=1S/C26H25F2N5O6/c1-14-29-16-8-6-9-17(22(16)24(37)33(14)18-11-12-20(34)31-23(18)36)30-25(38)26(27,28)15-7-4-5-10-19(15)39-13-21(35)32(2)3/h4-10,18H,11-13H2,1-3H3,(H,30,38)(H,31,34,36). The molecule has 1 unspecified atom stereocenters. The average Bonchev–Trinajstić information content (AvgIpc) is 2.88. The number of alkyl halides is 2. The van der Waals surface area contributed by atoms with Gasteiger partial charge in [-0.1, -0.05) is 18.2 Å². The first-order chi connectivity index (χ1) is 18.4. The van der Waals surface area contributed by atoms with Crippen molar-refractivity contribution >= 4 is 40.2 Å². The SMILES string of the molecule is Cc1nc2cccc(NC(=O)C(F)(F)c3ccccc3OCC(=O)N(C)C)c2c(=O)n1C1CCC(=O)NC1=O. The van der Waals surface area contributed by atoms with Crippen molar-refractivity contribution in [3.05, 3.63) is 64.2 Å². The second-order valence-corrected chi connectivity index (χ2v) is 9.10. The van der Waals surface area contributed by atoms with Crippen LogP contribution in [0.1, 0.15) is 30.3 Å². The van der Waals surface area contributed by atoms with Crippen molar-refractivity contribution in [2.75, 3.05) is 26.0 Å². The van der Waals surface area contributed by atoms with Crippen molar-refractivity contribution in [2.45, 2.75) is 31.7 Å². The topological polar surface area (TPSA) is 140 Å². The first-order valence-corrected chi connectivity index (χ1v) is 11.9. The molecular formula is C26H25F2N5O6. The summed E-state index contributed by atoms with van der Waals surface area (Å²) in [7, 11) is 2.96. The molecule has 0 bridgehead atoms. The minimum absolute atomic E-state index is 0.00650. The smallest absolute Gasteiger partial charge is 0.353 e. The summed E-state index contributed by atoms with van der Waals surface area (Å²) in [6.45, 7) is 0.984. The molecule has 39 heavy (non-hydrogen) atoms. The van der Waals surface area contributed by atoms with Crippen LogP contribution < -0.4 is 20.9 Å². The van der Waals surface area contributed by atoms with Crippen LogP contribution in [-0.2, 0) is 25.1 Å². The number of amides is 4. The molecule has 0 spiro atoms. The second-order valence-electron chi connectivity index (χ2n) is 9.10. The predicted molar refractivity (Wildman–Crippen MR) is 135 cm³/mol. The molecule has 1 aliphatic rings. The fourth-order valence-corrected chi connectivity index (χ4v) is 4.20. The summed E-state index contributed by atoms with van der Waals surface area (Å²) >= 11 is 0. The van der Waals surface area contributed by atoms with E-state index in [1.54, 1.807) is 0 Å². The number of hydrogen-bond donors (Lipinski definition) is 2. The van der Waals surface area contributed by atoms with E-state index in [1.807, 2.05) is 0 Å². The van der Waals surface area contributed by atoms with Crippen molar-refractivity contribution in [3.8, 4) is 5.75 Å². The van der Waals surface area contributed by atoms with Gasteiger partial charge in [-0.15, -0.1) is 0 Å². The van der Waals surface area contributed by atoms with Gasteiger partial charge in [0.2, 0.25) is 11.8 Å². The molecule has 4 rings (SSSR count). The zero-order valence-electron chi connectivity index (χ0n) is 21.3. The van der Waals surface area contributed by atoms with Gasteiger partial charge >= 0.3 is 5.92 Å². The van der Waals surface area contributed by atoms with Gasteiger partial charge in [-0.25, -0.2) is 4.98 Å². The highest BCUT2D eigenvalue weighted by molar-refractivity contribution is 6.04. The van der Waals surface area contributed by atoms with Crippen molar-refractivity contribution in [1.29, 1.82) is 0 Å². The summed E-state index contributed by atoms with van der Waals surface area (Å²) in [5.41, 5.74) is -1.63. The monoisotopic (exact) mass is 541 g/mol. The largest absolute Gasteiger partial charge is 0.483 e. The highest BCUT2D eigenvalue weighted by Crippen LogP contribution is 2.36. The van der Waals surface area contributed by atoms with Crippen molar-refractivity contribution in [3.63, 3.8) is 0 Å². The zero-order valence-corrected chi connectivity index (χ0v) is 21.3. The highest BCUT2D eigenvalue weighted by Gasteiger charge is 2.44. The molecule has 1 fully saturated rings. The summed E-state index contributed by atoms with van der Waals surface area (Å²) in [4.78, 5) is 67.8. The number of para-hydroxylation sites is 1. The Hall–Kier alpha value is -4.68. The average molecular weight is 542 g/mol. The Kier molecular flexibility index (Phi) is 7.43. The van der Waals surface area contributed by atoms with Crippen molar-refractivity contribution < 1.29 is 32.7 Å². The van der Waals surface area contributed by atoms with Gasteiger partial charge in [0, 0.05) is 20.5 Å². The van der Waals surface area contributed by atoms with Gasteiger partial charge in [0.05, 0.1) is 22.2 Å². The van der Waals surface area contributed by atoms with Crippen LogP contribution in [0.4, 0.5) is 14.5 Å². The maximum absolute atomic E-state index is 15.4. The van der Waals surface area contributed by atoms with E-state index in [-0.39, 0.29) is 41.0 Å². The number of fused-ring (bicyclic) bond motifs is 1. The molecule has 1 aliphatic heterocycles. The Morgan fingerprint density at radius 1 is 1.15 bits per heavy atom. The summed E-state index contributed by atoms with van der Waals surface area (Å²) in [6.07, 6.45) is 0.0604. The Labute approximate surface area is 220 Å². The Balaban J connectivity index is 1.70. The van der Waals surface area contributed by atoms with Crippen LogP contribution in [0.5, 0.6) is 5.75 Å². The maximum Gasteiger partial charge on any atom is 0.353 e. The molecule has 0 aliphatic carbocycles. The van der Waals surface area contributed by atoms with Crippen LogP contribution in [0.15, 0.2) is 47.3 Å². The number of ether oxygens (including phenoxy) is 1. The molecule has 2 heterocycles. The van der Waals surface area contributed by atoms with E-state index in [0.717, 1.165) is 10.6 Å². The van der Waals surface area contributed by atoms with Gasteiger partial charge in [-0.2, -0.15) is 8.78 Å². The molecule has 1 saturated heterocycles. The Morgan fingerprint density at radius 2 is 1.87 bits per heavy atom. The van der Waals surface area contributed by atoms with Gasteiger partial charge in [-0.3, -0.25) is 33.9 Å². The van der Waals surface area contributed by atoms with E-state index in [4.69, 9.17) is 4.74 Å². The lowest BCUT2D eigenvalue weighted by atomic mass is 10.0. The zero-order chi connectivity index (χ0) is 28.5. The van der Waals surface area contributed by atoms with Crippen LogP contribution >= 0.6 is 0 Å². The first-order valence-electron chi connectivity index (χ1n) is 11.9. The molecule has 204 valence electrons. The number of carbonyl (C=O) groups excluding carboxylic acids is 4. The first kappa shape index (κ1) is 27.4. The number of likely N-dealkylation sites (N-methyl/N-ethyl adjacent to an activating group) is 1. The number of hydrogen-bond acceptors (Lipinski definition) is 7. The number of nitrogens with one attached hydrogen (secondary N) is 2. The number of anilines is 1. The van der Waals surface area contributed by atoms with Crippen LogP contribution in [0.2, 0.25) is 0 Å². The number of aromatic nitrogens is 2. The van der Waals surface area contributed by atoms with E-state index in [2.05, 4.69) is 15.6 Å². The number of rotatable bonds is 7. The molecule has 11 nitrogen and oxygen atoms in total. The Morgan fingerprint density at radius 3 is 2.56 bits per heavy atom. The molecule has 2 N–H and O–H groups in total. The van der Waals surface area contributed by atoms with E-state index in [0.29, 0.717) is 0 Å². The number of benzene rings is 2. The number of piperidine rings is 1. The number of carbonyl (C=O) groups is 4.